The molecule has 4 nitrogen and oxygen atoms in total. The molecule has 104 valence electrons. The maximum atomic E-state index is 12.4. The molecule has 2 rings (SSSR count). The quantitative estimate of drug-likeness (QED) is 0.930. The topological polar surface area (TPSA) is 51.2 Å². The van der Waals surface area contributed by atoms with E-state index in [0.717, 1.165) is 15.6 Å². The van der Waals surface area contributed by atoms with Crippen molar-refractivity contribution in [2.45, 2.75) is 13.8 Å². The molecular weight excluding hydrogens is 320 g/mol. The highest BCUT2D eigenvalue weighted by Gasteiger charge is 2.16. The van der Waals surface area contributed by atoms with Gasteiger partial charge in [0.1, 0.15) is 11.6 Å². The number of halogens is 1. The van der Waals surface area contributed by atoms with E-state index in [0.29, 0.717) is 17.1 Å². The minimum atomic E-state index is -0.228. The molecule has 1 amide bonds. The van der Waals surface area contributed by atoms with Crippen LogP contribution in [0.15, 0.2) is 34.9 Å². The van der Waals surface area contributed by atoms with Crippen molar-refractivity contribution in [2.24, 2.45) is 0 Å². The predicted molar refractivity (Wildman–Crippen MR) is 82.4 cm³/mol. The van der Waals surface area contributed by atoms with Crippen LogP contribution < -0.4 is 10.1 Å². The van der Waals surface area contributed by atoms with Gasteiger partial charge in [-0.05, 0) is 59.1 Å². The fourth-order valence-corrected chi connectivity index (χ4v) is 2.24. The fourth-order valence-electron chi connectivity index (χ4n) is 2.01. The number of benzene rings is 1. The zero-order valence-corrected chi connectivity index (χ0v) is 13.1. The average molecular weight is 335 g/mol. The second kappa shape index (κ2) is 6.05. The van der Waals surface area contributed by atoms with E-state index in [9.17, 15) is 4.79 Å². The minimum absolute atomic E-state index is 0.228. The first kappa shape index (κ1) is 14.5. The lowest BCUT2D eigenvalue weighted by Crippen LogP contribution is -2.15. The maximum Gasteiger partial charge on any atom is 0.260 e. The molecule has 0 unspecified atom stereocenters. The summed E-state index contributed by atoms with van der Waals surface area (Å²) in [7, 11) is 1.56. The van der Waals surface area contributed by atoms with Crippen LogP contribution in [0.4, 0.5) is 5.82 Å². The summed E-state index contributed by atoms with van der Waals surface area (Å²) in [5, 5.41) is 2.77. The number of hydrogen-bond donors (Lipinski definition) is 1. The van der Waals surface area contributed by atoms with E-state index in [1.165, 1.54) is 0 Å². The standard InChI is InChI=1S/C15H15BrN2O2/c1-9-6-10(2)14(12(7-9)20-3)15(19)18-13-5-4-11(16)8-17-13/h4-8H,1-3H3,(H,17,18,19). The number of aromatic nitrogens is 1. The monoisotopic (exact) mass is 334 g/mol. The zero-order valence-electron chi connectivity index (χ0n) is 11.5. The third-order valence-corrected chi connectivity index (χ3v) is 3.33. The van der Waals surface area contributed by atoms with Crippen LogP contribution in [0, 0.1) is 13.8 Å². The maximum absolute atomic E-state index is 12.4. The number of pyridine rings is 1. The Bertz CT molecular complexity index is 639. The first-order chi connectivity index (χ1) is 9.51. The average Bonchev–Trinajstić information content (AvgIpc) is 2.40. The van der Waals surface area contributed by atoms with E-state index in [2.05, 4.69) is 26.2 Å². The molecule has 0 aliphatic rings. The first-order valence-corrected chi connectivity index (χ1v) is 6.88. The Morgan fingerprint density at radius 2 is 2.05 bits per heavy atom. The van der Waals surface area contributed by atoms with Crippen molar-refractivity contribution in [3.8, 4) is 5.75 Å². The molecule has 1 heterocycles. The summed E-state index contributed by atoms with van der Waals surface area (Å²) < 4.78 is 6.16. The van der Waals surface area contributed by atoms with Crippen LogP contribution in [-0.4, -0.2) is 18.0 Å². The largest absolute Gasteiger partial charge is 0.496 e. The van der Waals surface area contributed by atoms with Gasteiger partial charge in [-0.25, -0.2) is 4.98 Å². The van der Waals surface area contributed by atoms with Gasteiger partial charge in [-0.2, -0.15) is 0 Å². The molecule has 20 heavy (non-hydrogen) atoms. The van der Waals surface area contributed by atoms with E-state index in [-0.39, 0.29) is 5.91 Å². The molecule has 1 aromatic heterocycles. The Hall–Kier alpha value is -1.88. The smallest absolute Gasteiger partial charge is 0.260 e. The summed E-state index contributed by atoms with van der Waals surface area (Å²) in [4.78, 5) is 16.5. The van der Waals surface area contributed by atoms with E-state index >= 15 is 0 Å². The molecule has 1 N–H and O–H groups in total. The number of anilines is 1. The van der Waals surface area contributed by atoms with Crippen LogP contribution >= 0.6 is 15.9 Å². The third-order valence-electron chi connectivity index (χ3n) is 2.86. The van der Waals surface area contributed by atoms with E-state index < -0.39 is 0 Å². The number of hydrogen-bond acceptors (Lipinski definition) is 3. The molecule has 0 radical (unpaired) electrons. The Labute approximate surface area is 126 Å². The highest BCUT2D eigenvalue weighted by atomic mass is 79.9. The lowest BCUT2D eigenvalue weighted by atomic mass is 10.0. The number of nitrogens with one attached hydrogen (secondary N) is 1. The van der Waals surface area contributed by atoms with Gasteiger partial charge in [0, 0.05) is 10.7 Å². The van der Waals surface area contributed by atoms with Crippen molar-refractivity contribution in [1.29, 1.82) is 0 Å². The second-order valence-electron chi connectivity index (χ2n) is 4.47. The van der Waals surface area contributed by atoms with Gasteiger partial charge in [0.05, 0.1) is 12.7 Å². The van der Waals surface area contributed by atoms with Gasteiger partial charge < -0.3 is 10.1 Å². The number of methoxy groups -OCH3 is 1. The van der Waals surface area contributed by atoms with Crippen molar-refractivity contribution in [3.05, 3.63) is 51.6 Å². The number of aryl methyl sites for hydroxylation is 2. The first-order valence-electron chi connectivity index (χ1n) is 6.09. The second-order valence-corrected chi connectivity index (χ2v) is 5.39. The molecular formula is C15H15BrN2O2. The van der Waals surface area contributed by atoms with Crippen LogP contribution in [0.5, 0.6) is 5.75 Å². The van der Waals surface area contributed by atoms with E-state index in [1.54, 1.807) is 19.4 Å². The number of amides is 1. The van der Waals surface area contributed by atoms with Crippen LogP contribution in [0.2, 0.25) is 0 Å². The summed E-state index contributed by atoms with van der Waals surface area (Å²) >= 11 is 3.30. The van der Waals surface area contributed by atoms with Gasteiger partial charge in [-0.15, -0.1) is 0 Å². The number of rotatable bonds is 3. The summed E-state index contributed by atoms with van der Waals surface area (Å²) in [5.74, 6) is 0.839. The zero-order chi connectivity index (χ0) is 14.7. The fraction of sp³-hybridized carbons (Fsp3) is 0.200. The molecule has 2 aromatic rings. The van der Waals surface area contributed by atoms with Crippen LogP contribution in [0.1, 0.15) is 21.5 Å². The third kappa shape index (κ3) is 3.17. The molecule has 0 spiro atoms. The van der Waals surface area contributed by atoms with E-state index in [1.807, 2.05) is 32.0 Å². The van der Waals surface area contributed by atoms with Gasteiger partial charge in [-0.3, -0.25) is 4.79 Å². The lowest BCUT2D eigenvalue weighted by molar-refractivity contribution is 0.102. The highest BCUT2D eigenvalue weighted by Crippen LogP contribution is 2.25. The van der Waals surface area contributed by atoms with Crippen molar-refractivity contribution in [2.75, 3.05) is 12.4 Å². The molecule has 0 bridgehead atoms. The highest BCUT2D eigenvalue weighted by molar-refractivity contribution is 9.10. The van der Waals surface area contributed by atoms with Gasteiger partial charge in [0.2, 0.25) is 0 Å². The summed E-state index contributed by atoms with van der Waals surface area (Å²) in [5.41, 5.74) is 2.46. The lowest BCUT2D eigenvalue weighted by Gasteiger charge is -2.12. The van der Waals surface area contributed by atoms with Crippen LogP contribution in [0.25, 0.3) is 0 Å². The van der Waals surface area contributed by atoms with Crippen molar-refractivity contribution >= 4 is 27.7 Å². The van der Waals surface area contributed by atoms with Gasteiger partial charge in [0.15, 0.2) is 0 Å². The van der Waals surface area contributed by atoms with Crippen LogP contribution in [0.3, 0.4) is 0 Å². The summed E-state index contributed by atoms with van der Waals surface area (Å²) in [6.07, 6.45) is 1.63. The molecule has 1 aromatic carbocycles. The Morgan fingerprint density at radius 1 is 1.30 bits per heavy atom. The van der Waals surface area contributed by atoms with E-state index in [4.69, 9.17) is 4.74 Å². The molecule has 5 heteroatoms. The van der Waals surface area contributed by atoms with Crippen molar-refractivity contribution in [3.63, 3.8) is 0 Å². The van der Waals surface area contributed by atoms with Crippen molar-refractivity contribution < 1.29 is 9.53 Å². The predicted octanol–water partition coefficient (Wildman–Crippen LogP) is 3.72. The summed E-state index contributed by atoms with van der Waals surface area (Å²) in [6, 6.07) is 7.35. The van der Waals surface area contributed by atoms with Crippen molar-refractivity contribution in [1.82, 2.24) is 4.98 Å². The number of carbonyl (C=O) groups excluding carboxylic acids is 1. The minimum Gasteiger partial charge on any atom is -0.496 e. The molecule has 0 aliphatic heterocycles. The summed E-state index contributed by atoms with van der Waals surface area (Å²) in [6.45, 7) is 3.85. The normalized spacial score (nSPS) is 10.2. The molecule has 0 atom stereocenters. The van der Waals surface area contributed by atoms with Gasteiger partial charge >= 0.3 is 0 Å². The molecule has 0 saturated heterocycles. The SMILES string of the molecule is COc1cc(C)cc(C)c1C(=O)Nc1ccc(Br)cn1. The molecule has 0 fully saturated rings. The molecule has 0 aliphatic carbocycles. The molecule has 0 saturated carbocycles. The Kier molecular flexibility index (Phi) is 4.39. The van der Waals surface area contributed by atoms with Gasteiger partial charge in [0.25, 0.3) is 5.91 Å². The Morgan fingerprint density at radius 3 is 2.65 bits per heavy atom. The Balaban J connectivity index is 2.31. The number of ether oxygens (including phenoxy) is 1. The number of nitrogens with zero attached hydrogens (tertiary/aromatic N) is 1. The van der Waals surface area contributed by atoms with Gasteiger partial charge in [-0.1, -0.05) is 6.07 Å². The van der Waals surface area contributed by atoms with Crippen LogP contribution in [-0.2, 0) is 0 Å². The number of carbonyl (C=O) groups is 1.